The van der Waals surface area contributed by atoms with Crippen LogP contribution in [-0.2, 0) is 54.7 Å². The monoisotopic (exact) mass is 1090 g/mol. The highest BCUT2D eigenvalue weighted by molar-refractivity contribution is 5.97. The van der Waals surface area contributed by atoms with Gasteiger partial charge in [-0.1, -0.05) is 114 Å². The van der Waals surface area contributed by atoms with Crippen molar-refractivity contribution in [3.63, 3.8) is 0 Å². The zero-order chi connectivity index (χ0) is 57.7. The van der Waals surface area contributed by atoms with Crippen LogP contribution < -0.4 is 31.9 Å². The molecule has 7 amide bonds. The number of carbonyl (C=O) groups is 7. The first-order valence-electron chi connectivity index (χ1n) is 27.5. The van der Waals surface area contributed by atoms with E-state index in [1.807, 2.05) is 84.0 Å². The van der Waals surface area contributed by atoms with E-state index in [9.17, 15) is 33.2 Å². The topological polar surface area (TPSA) is 201 Å². The van der Waals surface area contributed by atoms with Crippen molar-refractivity contribution in [1.82, 2.24) is 46.6 Å². The van der Waals surface area contributed by atoms with E-state index in [0.29, 0.717) is 5.56 Å². The molecule has 2 heterocycles. The molecule has 1 fully saturated rings. The Bertz CT molecular complexity index is 2900. The molecule has 7 rings (SSSR count). The maximum absolute atomic E-state index is 15.8. The van der Waals surface area contributed by atoms with Crippen molar-refractivity contribution < 1.29 is 42.3 Å². The number of likely N-dealkylation sites (N-methyl/N-ethyl adjacent to an activating group) is 2. The van der Waals surface area contributed by atoms with E-state index in [4.69, 9.17) is 0 Å². The number of hydrogen-bond donors (Lipinski definition) is 6. The Morgan fingerprint density at radius 2 is 1.24 bits per heavy atom. The van der Waals surface area contributed by atoms with Gasteiger partial charge in [-0.25, -0.2) is 8.78 Å². The van der Waals surface area contributed by atoms with Crippen molar-refractivity contribution in [2.24, 2.45) is 10.8 Å². The minimum atomic E-state index is -1.12. The number of carbonyl (C=O) groups excluding carboxylic acids is 7. The van der Waals surface area contributed by atoms with Gasteiger partial charge in [0, 0.05) is 43.2 Å². The van der Waals surface area contributed by atoms with Gasteiger partial charge in [0.2, 0.25) is 35.4 Å². The number of hydrogen-bond acceptors (Lipinski definition) is 9. The van der Waals surface area contributed by atoms with Crippen molar-refractivity contribution in [3.8, 4) is 0 Å². The van der Waals surface area contributed by atoms with Crippen molar-refractivity contribution in [3.05, 3.63) is 142 Å². The van der Waals surface area contributed by atoms with E-state index >= 15 is 9.18 Å². The van der Waals surface area contributed by atoms with E-state index in [-0.39, 0.29) is 61.5 Å². The lowest BCUT2D eigenvalue weighted by Crippen LogP contribution is -2.62. The number of likely N-dealkylation sites (tertiary alicyclic amines) is 1. The molecule has 4 aromatic carbocycles. The Morgan fingerprint density at radius 3 is 1.84 bits per heavy atom. The van der Waals surface area contributed by atoms with Crippen LogP contribution in [0.1, 0.15) is 137 Å². The summed E-state index contributed by atoms with van der Waals surface area (Å²) < 4.78 is 30.7. The Hall–Kier alpha value is -7.05. The molecule has 18 heteroatoms. The van der Waals surface area contributed by atoms with Gasteiger partial charge in [0.05, 0.1) is 24.2 Å². The molecule has 0 spiro atoms. The summed E-state index contributed by atoms with van der Waals surface area (Å²) in [5.74, 6) is -5.32. The number of fused-ring (bicyclic) bond motifs is 2. The van der Waals surface area contributed by atoms with Crippen LogP contribution in [0.15, 0.2) is 91.0 Å². The van der Waals surface area contributed by atoms with Gasteiger partial charge in [0.1, 0.15) is 24.2 Å². The fraction of sp³-hybridized carbons (Fsp3) is 0.492. The third-order valence-corrected chi connectivity index (χ3v) is 15.9. The maximum atomic E-state index is 15.8. The highest BCUT2D eigenvalue weighted by Crippen LogP contribution is 2.35. The average Bonchev–Trinajstić information content (AvgIpc) is 3.86. The number of nitrogens with one attached hydrogen (secondary N) is 6. The number of nitrogens with zero attached hydrogens (tertiary/aromatic N) is 3. The second-order valence-electron chi connectivity index (χ2n) is 23.6. The van der Waals surface area contributed by atoms with Crippen LogP contribution in [0.3, 0.4) is 0 Å². The van der Waals surface area contributed by atoms with Crippen LogP contribution in [-0.4, -0.2) is 119 Å². The SMILES string of the molecule is CNC(C)C(=O)NC(C(=O)N1Cc2ccccc2CC1C(=O)N(Cc1ccc(C(=O)N[C@H]2C[C@@H](C(=O)N[C@@H]3CCCc4ccccc43)N(C(=O)C(NC(=O)C(C)NC)C(C)(C)C)C2)cc1)[C@H](C)c1cccc(F)c1F)C(C)(C)C. The molecule has 4 aromatic rings. The van der Waals surface area contributed by atoms with Crippen LogP contribution >= 0.6 is 0 Å². The highest BCUT2D eigenvalue weighted by atomic mass is 19.2. The largest absolute Gasteiger partial charge is 0.347 e. The highest BCUT2D eigenvalue weighted by Gasteiger charge is 2.47. The lowest BCUT2D eigenvalue weighted by molar-refractivity contribution is -0.152. The summed E-state index contributed by atoms with van der Waals surface area (Å²) in [5.41, 5.74) is 2.98. The van der Waals surface area contributed by atoms with E-state index in [1.165, 1.54) is 26.8 Å². The normalized spacial score (nSPS) is 20.1. The molecule has 1 saturated heterocycles. The van der Waals surface area contributed by atoms with Crippen molar-refractivity contribution in [2.45, 2.75) is 162 Å². The molecule has 6 N–H and O–H groups in total. The molecular formula is C61H79F2N9O7. The molecule has 424 valence electrons. The summed E-state index contributed by atoms with van der Waals surface area (Å²) in [6.45, 7) is 15.9. The second kappa shape index (κ2) is 25.0. The van der Waals surface area contributed by atoms with Gasteiger partial charge in [-0.3, -0.25) is 33.6 Å². The lowest BCUT2D eigenvalue weighted by Gasteiger charge is -2.43. The summed E-state index contributed by atoms with van der Waals surface area (Å²) in [4.78, 5) is 105. The van der Waals surface area contributed by atoms with Gasteiger partial charge in [-0.05, 0) is 117 Å². The number of amides is 7. The predicted octanol–water partition coefficient (Wildman–Crippen LogP) is 6.18. The summed E-state index contributed by atoms with van der Waals surface area (Å²) in [5, 5.41) is 17.9. The van der Waals surface area contributed by atoms with Crippen molar-refractivity contribution in [1.29, 1.82) is 0 Å². The van der Waals surface area contributed by atoms with Gasteiger partial charge >= 0.3 is 0 Å². The number of aryl methyl sites for hydroxylation is 1. The lowest BCUT2D eigenvalue weighted by atomic mass is 9.84. The maximum Gasteiger partial charge on any atom is 0.251 e. The average molecular weight is 1090 g/mol. The summed E-state index contributed by atoms with van der Waals surface area (Å²) in [7, 11) is 3.28. The predicted molar refractivity (Wildman–Crippen MR) is 298 cm³/mol. The molecular weight excluding hydrogens is 1010 g/mol. The Balaban J connectivity index is 1.16. The van der Waals surface area contributed by atoms with E-state index in [2.05, 4.69) is 38.0 Å². The van der Waals surface area contributed by atoms with Crippen molar-refractivity contribution in [2.75, 3.05) is 20.6 Å². The van der Waals surface area contributed by atoms with Gasteiger partial charge in [-0.2, -0.15) is 0 Å². The summed E-state index contributed by atoms with van der Waals surface area (Å²) >= 11 is 0. The minimum absolute atomic E-state index is 0.0132. The molecule has 16 nitrogen and oxygen atoms in total. The minimum Gasteiger partial charge on any atom is -0.347 e. The third kappa shape index (κ3) is 13.7. The number of halogens is 2. The molecule has 0 saturated carbocycles. The smallest absolute Gasteiger partial charge is 0.251 e. The molecule has 5 unspecified atom stereocenters. The third-order valence-electron chi connectivity index (χ3n) is 15.9. The summed E-state index contributed by atoms with van der Waals surface area (Å²) in [6.07, 6.45) is 2.69. The van der Waals surface area contributed by atoms with Gasteiger partial charge < -0.3 is 46.6 Å². The molecule has 1 aliphatic carbocycles. The number of benzene rings is 4. The zero-order valence-corrected chi connectivity index (χ0v) is 47.5. The van der Waals surface area contributed by atoms with E-state index in [0.717, 1.165) is 47.6 Å². The second-order valence-corrected chi connectivity index (χ2v) is 23.6. The van der Waals surface area contributed by atoms with Crippen LogP contribution in [0.2, 0.25) is 0 Å². The molecule has 2 aliphatic heterocycles. The molecule has 79 heavy (non-hydrogen) atoms. The van der Waals surface area contributed by atoms with Gasteiger partial charge in [-0.15, -0.1) is 0 Å². The Labute approximate surface area is 463 Å². The van der Waals surface area contributed by atoms with Crippen LogP contribution in [0, 0.1) is 22.5 Å². The van der Waals surface area contributed by atoms with E-state index in [1.54, 1.807) is 59.1 Å². The van der Waals surface area contributed by atoms with Crippen LogP contribution in [0.25, 0.3) is 0 Å². The van der Waals surface area contributed by atoms with Gasteiger partial charge in [0.25, 0.3) is 5.91 Å². The first kappa shape index (κ1) is 59.6. The van der Waals surface area contributed by atoms with Gasteiger partial charge in [0.15, 0.2) is 11.6 Å². The standard InChI is InChI=1S/C61H79F2N9O7/c1-35(64-10)53(73)68-51(60(4,5)6)58(78)71-33-42-20-13-12-19-41(42)30-49(71)57(77)70(37(3)44-23-17-24-46(62)50(44)63)32-38-26-28-40(29-27-38)55(75)66-43-31-48(56(76)67-47-25-16-21-39-18-14-15-22-45(39)47)72(34-43)59(79)52(61(7,8)9)69-54(74)36(2)65-11/h12-15,17-20,22-24,26-29,35-37,43,47-49,51-52,64-65H,16,21,25,30-34H2,1-11H3,(H,66,75)(H,67,76)(H,68,73)(H,69,74)/t35?,36?,37-,43+,47-,48+,49?,51?,52?/m1/s1. The fourth-order valence-corrected chi connectivity index (χ4v) is 10.8. The Morgan fingerprint density at radius 1 is 0.671 bits per heavy atom. The fourth-order valence-electron chi connectivity index (χ4n) is 10.8. The first-order chi connectivity index (χ1) is 37.3. The van der Waals surface area contributed by atoms with Crippen molar-refractivity contribution >= 4 is 41.4 Å². The molecule has 0 aromatic heterocycles. The quantitative estimate of drug-likeness (QED) is 0.0715. The van der Waals surface area contributed by atoms with E-state index < -0.39 is 100 Å². The molecule has 0 bridgehead atoms. The van der Waals surface area contributed by atoms with Crippen LogP contribution in [0.4, 0.5) is 8.78 Å². The summed E-state index contributed by atoms with van der Waals surface area (Å²) in [6, 6.07) is 18.3. The molecule has 9 atom stereocenters. The molecule has 3 aliphatic rings. The zero-order valence-electron chi connectivity index (χ0n) is 47.5. The number of rotatable bonds is 17. The van der Waals surface area contributed by atoms with Crippen LogP contribution in [0.5, 0.6) is 0 Å². The molecule has 0 radical (unpaired) electrons. The Kier molecular flexibility index (Phi) is 18.8. The first-order valence-corrected chi connectivity index (χ1v) is 27.5.